The van der Waals surface area contributed by atoms with Crippen LogP contribution >= 0.6 is 11.6 Å². The Kier molecular flexibility index (Phi) is 5.40. The number of carbonyl (C=O) groups excluding carboxylic acids is 1. The van der Waals surface area contributed by atoms with E-state index in [-0.39, 0.29) is 17.3 Å². The summed E-state index contributed by atoms with van der Waals surface area (Å²) >= 11 is 5.76. The SMILES string of the molecule is O=C(c1ccc(CCNS(=O)(=O)c2ccc(Cl)cc2)cc1)n1cnnn1. The van der Waals surface area contributed by atoms with Crippen LogP contribution in [-0.2, 0) is 16.4 Å². The maximum Gasteiger partial charge on any atom is 0.281 e. The van der Waals surface area contributed by atoms with E-state index >= 15 is 0 Å². The minimum absolute atomic E-state index is 0.157. The van der Waals surface area contributed by atoms with Crippen molar-refractivity contribution >= 4 is 27.5 Å². The molecule has 10 heteroatoms. The van der Waals surface area contributed by atoms with Crippen molar-refractivity contribution in [3.05, 3.63) is 71.0 Å². The van der Waals surface area contributed by atoms with E-state index in [0.717, 1.165) is 10.2 Å². The second-order valence-electron chi connectivity index (χ2n) is 5.36. The zero-order valence-electron chi connectivity index (χ0n) is 13.4. The van der Waals surface area contributed by atoms with Gasteiger partial charge in [-0.1, -0.05) is 23.7 Å². The molecule has 0 saturated heterocycles. The molecule has 1 aromatic heterocycles. The smallest absolute Gasteiger partial charge is 0.267 e. The van der Waals surface area contributed by atoms with E-state index in [2.05, 4.69) is 20.2 Å². The monoisotopic (exact) mass is 391 g/mol. The molecule has 0 bridgehead atoms. The van der Waals surface area contributed by atoms with Gasteiger partial charge >= 0.3 is 0 Å². The van der Waals surface area contributed by atoms with Crippen molar-refractivity contribution in [2.75, 3.05) is 6.54 Å². The van der Waals surface area contributed by atoms with Crippen LogP contribution in [0.2, 0.25) is 5.02 Å². The van der Waals surface area contributed by atoms with Gasteiger partial charge in [0, 0.05) is 17.1 Å². The van der Waals surface area contributed by atoms with Crippen LogP contribution in [-0.4, -0.2) is 41.1 Å². The molecule has 0 aliphatic rings. The minimum Gasteiger partial charge on any atom is -0.267 e. The molecule has 26 heavy (non-hydrogen) atoms. The summed E-state index contributed by atoms with van der Waals surface area (Å²) in [4.78, 5) is 12.2. The number of hydrogen-bond donors (Lipinski definition) is 1. The van der Waals surface area contributed by atoms with E-state index in [1.807, 2.05) is 0 Å². The molecule has 8 nitrogen and oxygen atoms in total. The first-order valence-corrected chi connectivity index (χ1v) is 9.44. The predicted molar refractivity (Wildman–Crippen MR) is 94.3 cm³/mol. The van der Waals surface area contributed by atoms with E-state index in [9.17, 15) is 13.2 Å². The van der Waals surface area contributed by atoms with Crippen LogP contribution in [0.4, 0.5) is 0 Å². The first kappa shape index (κ1) is 18.2. The lowest BCUT2D eigenvalue weighted by molar-refractivity contribution is 0.0942. The van der Waals surface area contributed by atoms with Gasteiger partial charge in [-0.05, 0) is 58.8 Å². The number of nitrogens with one attached hydrogen (secondary N) is 1. The fourth-order valence-corrected chi connectivity index (χ4v) is 3.39. The predicted octanol–water partition coefficient (Wildman–Crippen LogP) is 1.54. The van der Waals surface area contributed by atoms with Gasteiger partial charge < -0.3 is 0 Å². The van der Waals surface area contributed by atoms with Crippen molar-refractivity contribution in [3.8, 4) is 0 Å². The van der Waals surface area contributed by atoms with Gasteiger partial charge in [-0.15, -0.1) is 5.10 Å². The van der Waals surface area contributed by atoms with E-state index in [4.69, 9.17) is 11.6 Å². The highest BCUT2D eigenvalue weighted by molar-refractivity contribution is 7.89. The Morgan fingerprint density at radius 1 is 1.08 bits per heavy atom. The van der Waals surface area contributed by atoms with Crippen LogP contribution in [0.25, 0.3) is 0 Å². The molecule has 0 amide bonds. The van der Waals surface area contributed by atoms with Gasteiger partial charge in [-0.2, -0.15) is 4.68 Å². The minimum atomic E-state index is -3.59. The molecule has 0 spiro atoms. The third-order valence-electron chi connectivity index (χ3n) is 3.59. The molecular formula is C16H14ClN5O3S. The number of rotatable bonds is 6. The standard InChI is InChI=1S/C16H14ClN5O3S/c17-14-5-7-15(8-6-14)26(24,25)19-10-9-12-1-3-13(4-2-12)16(23)22-11-18-20-21-22/h1-8,11,19H,9-10H2. The van der Waals surface area contributed by atoms with E-state index < -0.39 is 10.0 Å². The molecule has 3 rings (SSSR count). The molecule has 0 aliphatic heterocycles. The largest absolute Gasteiger partial charge is 0.281 e. The third-order valence-corrected chi connectivity index (χ3v) is 5.32. The highest BCUT2D eigenvalue weighted by Crippen LogP contribution is 2.14. The first-order chi connectivity index (χ1) is 12.5. The maximum atomic E-state index is 12.2. The van der Waals surface area contributed by atoms with Crippen molar-refractivity contribution in [3.63, 3.8) is 0 Å². The zero-order chi connectivity index (χ0) is 18.6. The fraction of sp³-hybridized carbons (Fsp3) is 0.125. The van der Waals surface area contributed by atoms with E-state index in [0.29, 0.717) is 17.0 Å². The van der Waals surface area contributed by atoms with Gasteiger partial charge in [-0.25, -0.2) is 13.1 Å². The lowest BCUT2D eigenvalue weighted by Crippen LogP contribution is -2.26. The lowest BCUT2D eigenvalue weighted by atomic mass is 10.1. The molecule has 0 radical (unpaired) electrons. The summed E-state index contributed by atoms with van der Waals surface area (Å²) < 4.78 is 27.9. The summed E-state index contributed by atoms with van der Waals surface area (Å²) in [5.41, 5.74) is 1.32. The van der Waals surface area contributed by atoms with Gasteiger partial charge in [0.05, 0.1) is 4.90 Å². The van der Waals surface area contributed by atoms with E-state index in [1.165, 1.54) is 30.6 Å². The van der Waals surface area contributed by atoms with Crippen LogP contribution in [0.3, 0.4) is 0 Å². The summed E-state index contributed by atoms with van der Waals surface area (Å²) in [6.07, 6.45) is 1.70. The normalized spacial score (nSPS) is 11.4. The Balaban J connectivity index is 1.58. The van der Waals surface area contributed by atoms with Crippen LogP contribution in [0, 0.1) is 0 Å². The first-order valence-electron chi connectivity index (χ1n) is 7.57. The van der Waals surface area contributed by atoms with Gasteiger partial charge in [0.1, 0.15) is 6.33 Å². The molecule has 3 aromatic rings. The van der Waals surface area contributed by atoms with Crippen LogP contribution < -0.4 is 4.72 Å². The second-order valence-corrected chi connectivity index (χ2v) is 7.56. The highest BCUT2D eigenvalue weighted by Gasteiger charge is 2.13. The van der Waals surface area contributed by atoms with Gasteiger partial charge in [0.15, 0.2) is 0 Å². The molecule has 1 N–H and O–H groups in total. The van der Waals surface area contributed by atoms with Crippen LogP contribution in [0.1, 0.15) is 15.9 Å². The number of halogens is 1. The Labute approximate surface area is 154 Å². The number of sulfonamides is 1. The Hall–Kier alpha value is -2.62. The Morgan fingerprint density at radius 2 is 1.77 bits per heavy atom. The molecule has 0 saturated carbocycles. The molecule has 0 unspecified atom stereocenters. The molecule has 2 aromatic carbocycles. The molecule has 0 aliphatic carbocycles. The van der Waals surface area contributed by atoms with Crippen molar-refractivity contribution < 1.29 is 13.2 Å². The van der Waals surface area contributed by atoms with Crippen molar-refractivity contribution in [1.29, 1.82) is 0 Å². The van der Waals surface area contributed by atoms with Crippen molar-refractivity contribution in [2.24, 2.45) is 0 Å². The summed E-state index contributed by atoms with van der Waals surface area (Å²) in [6.45, 7) is 0.227. The molecule has 1 heterocycles. The fourth-order valence-electron chi connectivity index (χ4n) is 2.23. The summed E-state index contributed by atoms with van der Waals surface area (Å²) in [5.74, 6) is -0.343. The molecule has 134 valence electrons. The Bertz CT molecular complexity index is 987. The summed E-state index contributed by atoms with van der Waals surface area (Å²) in [7, 11) is -3.59. The summed E-state index contributed by atoms with van der Waals surface area (Å²) in [6, 6.07) is 12.8. The average molecular weight is 392 g/mol. The van der Waals surface area contributed by atoms with Gasteiger partial charge in [0.25, 0.3) is 5.91 Å². The summed E-state index contributed by atoms with van der Waals surface area (Å²) in [5, 5.41) is 10.9. The number of carbonyl (C=O) groups is 1. The number of nitrogens with zero attached hydrogens (tertiary/aromatic N) is 4. The van der Waals surface area contributed by atoms with Crippen molar-refractivity contribution in [2.45, 2.75) is 11.3 Å². The van der Waals surface area contributed by atoms with Gasteiger partial charge in [0.2, 0.25) is 10.0 Å². The van der Waals surface area contributed by atoms with Crippen LogP contribution in [0.15, 0.2) is 59.8 Å². The second kappa shape index (κ2) is 7.73. The highest BCUT2D eigenvalue weighted by atomic mass is 35.5. The Morgan fingerprint density at radius 3 is 2.38 bits per heavy atom. The maximum absolute atomic E-state index is 12.2. The van der Waals surface area contributed by atoms with Gasteiger partial charge in [-0.3, -0.25) is 4.79 Å². The number of tetrazole rings is 1. The molecular weight excluding hydrogens is 378 g/mol. The molecule has 0 fully saturated rings. The quantitative estimate of drug-likeness (QED) is 0.638. The average Bonchev–Trinajstić information content (AvgIpc) is 3.17. The molecule has 0 atom stereocenters. The number of hydrogen-bond acceptors (Lipinski definition) is 6. The number of benzene rings is 2. The van der Waals surface area contributed by atoms with Crippen LogP contribution in [0.5, 0.6) is 0 Å². The number of aromatic nitrogens is 4. The lowest BCUT2D eigenvalue weighted by Gasteiger charge is -2.07. The van der Waals surface area contributed by atoms with E-state index in [1.54, 1.807) is 24.3 Å². The zero-order valence-corrected chi connectivity index (χ0v) is 15.0. The topological polar surface area (TPSA) is 107 Å². The third kappa shape index (κ3) is 4.31. The van der Waals surface area contributed by atoms with Crippen molar-refractivity contribution in [1.82, 2.24) is 24.9 Å².